The first-order valence-electron chi connectivity index (χ1n) is 12.8. The highest BCUT2D eigenvalue weighted by Crippen LogP contribution is 2.35. The van der Waals surface area contributed by atoms with Crippen molar-refractivity contribution in [2.24, 2.45) is 0 Å². The predicted molar refractivity (Wildman–Crippen MR) is 143 cm³/mol. The van der Waals surface area contributed by atoms with E-state index in [4.69, 9.17) is 15.0 Å². The van der Waals surface area contributed by atoms with Gasteiger partial charge in [0.2, 0.25) is 5.65 Å². The summed E-state index contributed by atoms with van der Waals surface area (Å²) in [7, 11) is 1.60. The zero-order chi connectivity index (χ0) is 24.7. The molecule has 0 aliphatic carbocycles. The van der Waals surface area contributed by atoms with E-state index in [1.807, 2.05) is 34.9 Å². The number of nitrogens with zero attached hydrogens (tertiary/aromatic N) is 5. The number of ether oxygens (including phenoxy) is 1. The molecule has 0 unspecified atom stereocenters. The first-order chi connectivity index (χ1) is 17.8. The minimum atomic E-state index is 0.470. The SMILES string of the molecule is C1CCNC1.COc1nc(-c2ccc(C#N)cc2)c(-c2ccc(N3CCCCC3)cc2)n2ccnc12. The Bertz CT molecular complexity index is 1320. The highest BCUT2D eigenvalue weighted by molar-refractivity contribution is 5.82. The van der Waals surface area contributed by atoms with E-state index in [1.165, 1.54) is 50.9 Å². The van der Waals surface area contributed by atoms with Crippen molar-refractivity contribution < 1.29 is 4.74 Å². The van der Waals surface area contributed by atoms with Crippen LogP contribution >= 0.6 is 0 Å². The molecular weight excluding hydrogens is 448 g/mol. The van der Waals surface area contributed by atoms with Crippen molar-refractivity contribution in [2.45, 2.75) is 32.1 Å². The Hall–Kier alpha value is -3.89. The number of benzene rings is 2. The molecule has 7 nitrogen and oxygen atoms in total. The predicted octanol–water partition coefficient (Wildman–Crippen LogP) is 5.30. The van der Waals surface area contributed by atoms with Crippen LogP contribution in [-0.2, 0) is 0 Å². The summed E-state index contributed by atoms with van der Waals surface area (Å²) >= 11 is 0. The number of hydrogen-bond acceptors (Lipinski definition) is 6. The van der Waals surface area contributed by atoms with Crippen molar-refractivity contribution in [3.8, 4) is 34.5 Å². The summed E-state index contributed by atoms with van der Waals surface area (Å²) in [5.41, 5.74) is 6.26. The third-order valence-electron chi connectivity index (χ3n) is 6.81. The number of rotatable bonds is 4. The Labute approximate surface area is 212 Å². The first-order valence-corrected chi connectivity index (χ1v) is 12.8. The fourth-order valence-corrected chi connectivity index (χ4v) is 4.88. The number of anilines is 1. The van der Waals surface area contributed by atoms with Crippen molar-refractivity contribution >= 4 is 11.3 Å². The van der Waals surface area contributed by atoms with Gasteiger partial charge in [-0.1, -0.05) is 24.3 Å². The van der Waals surface area contributed by atoms with Crippen LogP contribution in [0.15, 0.2) is 60.9 Å². The van der Waals surface area contributed by atoms with Gasteiger partial charge in [-0.3, -0.25) is 4.40 Å². The molecule has 2 saturated heterocycles. The average molecular weight is 481 g/mol. The number of hydrogen-bond donors (Lipinski definition) is 1. The van der Waals surface area contributed by atoms with Crippen LogP contribution in [0.5, 0.6) is 5.88 Å². The molecule has 0 atom stereocenters. The maximum Gasteiger partial charge on any atom is 0.258 e. The van der Waals surface area contributed by atoms with E-state index in [0.29, 0.717) is 17.1 Å². The van der Waals surface area contributed by atoms with Crippen LogP contribution < -0.4 is 15.0 Å². The monoisotopic (exact) mass is 480 g/mol. The van der Waals surface area contributed by atoms with Crippen LogP contribution in [0.3, 0.4) is 0 Å². The third kappa shape index (κ3) is 5.05. The second-order valence-electron chi connectivity index (χ2n) is 9.18. The van der Waals surface area contributed by atoms with E-state index in [0.717, 1.165) is 35.6 Å². The summed E-state index contributed by atoms with van der Waals surface area (Å²) < 4.78 is 7.55. The molecule has 2 aromatic heterocycles. The summed E-state index contributed by atoms with van der Waals surface area (Å²) in [6, 6.07) is 18.3. The van der Waals surface area contributed by atoms with Crippen molar-refractivity contribution in [2.75, 3.05) is 38.2 Å². The maximum atomic E-state index is 9.16. The zero-order valence-electron chi connectivity index (χ0n) is 20.8. The minimum Gasteiger partial charge on any atom is -0.478 e. The summed E-state index contributed by atoms with van der Waals surface area (Å²) in [4.78, 5) is 11.7. The van der Waals surface area contributed by atoms with E-state index < -0.39 is 0 Å². The van der Waals surface area contributed by atoms with Crippen LogP contribution in [0.1, 0.15) is 37.7 Å². The van der Waals surface area contributed by atoms with Gasteiger partial charge in [0.25, 0.3) is 5.88 Å². The fraction of sp³-hybridized carbons (Fsp3) is 0.345. The highest BCUT2D eigenvalue weighted by Gasteiger charge is 2.19. The Kier molecular flexibility index (Phi) is 7.44. The Morgan fingerprint density at radius 2 is 1.58 bits per heavy atom. The lowest BCUT2D eigenvalue weighted by molar-refractivity contribution is 0.401. The largest absolute Gasteiger partial charge is 0.478 e. The van der Waals surface area contributed by atoms with Gasteiger partial charge in [0.1, 0.15) is 0 Å². The molecule has 2 aliphatic heterocycles. The Balaban J connectivity index is 0.000000477. The summed E-state index contributed by atoms with van der Waals surface area (Å²) in [6.07, 6.45) is 10.3. The quantitative estimate of drug-likeness (QED) is 0.427. The third-order valence-corrected chi connectivity index (χ3v) is 6.81. The molecule has 4 heterocycles. The van der Waals surface area contributed by atoms with Crippen LogP contribution in [-0.4, -0.2) is 47.7 Å². The molecule has 1 N–H and O–H groups in total. The topological polar surface area (TPSA) is 78.5 Å². The fourth-order valence-electron chi connectivity index (χ4n) is 4.88. The molecule has 0 bridgehead atoms. The van der Waals surface area contributed by atoms with Gasteiger partial charge in [0, 0.05) is 42.3 Å². The van der Waals surface area contributed by atoms with Crippen LogP contribution in [0.4, 0.5) is 5.69 Å². The number of aromatic nitrogens is 3. The molecule has 0 radical (unpaired) electrons. The van der Waals surface area contributed by atoms with Crippen molar-refractivity contribution in [1.82, 2.24) is 19.7 Å². The minimum absolute atomic E-state index is 0.470. The zero-order valence-corrected chi connectivity index (χ0v) is 20.8. The first kappa shape index (κ1) is 23.8. The van der Waals surface area contributed by atoms with E-state index in [-0.39, 0.29) is 0 Å². The normalized spacial score (nSPS) is 15.3. The number of imidazole rings is 1. The number of nitriles is 1. The standard InChI is InChI=1S/C25H23N5O.C4H9N/c1-31-25-24-27-13-16-30(24)23(22(28-25)19-7-5-18(17-26)6-8-19)20-9-11-21(12-10-20)29-14-3-2-4-15-29;1-2-4-5-3-1/h5-13,16H,2-4,14-15H2,1H3;5H,1-4H2. The number of methoxy groups -OCH3 is 1. The number of fused-ring (bicyclic) bond motifs is 1. The molecule has 7 heteroatoms. The van der Waals surface area contributed by atoms with E-state index >= 15 is 0 Å². The van der Waals surface area contributed by atoms with Crippen molar-refractivity contribution in [3.05, 3.63) is 66.5 Å². The van der Waals surface area contributed by atoms with Crippen LogP contribution in [0.2, 0.25) is 0 Å². The van der Waals surface area contributed by atoms with E-state index in [9.17, 15) is 0 Å². The molecule has 2 aromatic carbocycles. The molecule has 6 rings (SSSR count). The highest BCUT2D eigenvalue weighted by atomic mass is 16.5. The van der Waals surface area contributed by atoms with Crippen molar-refractivity contribution in [3.63, 3.8) is 0 Å². The molecule has 36 heavy (non-hydrogen) atoms. The van der Waals surface area contributed by atoms with Crippen LogP contribution in [0.25, 0.3) is 28.2 Å². The maximum absolute atomic E-state index is 9.16. The Morgan fingerprint density at radius 1 is 0.889 bits per heavy atom. The van der Waals surface area contributed by atoms with Gasteiger partial charge in [0.05, 0.1) is 30.1 Å². The molecule has 184 valence electrons. The molecule has 0 amide bonds. The summed E-state index contributed by atoms with van der Waals surface area (Å²) in [5.74, 6) is 0.470. The molecule has 4 aromatic rings. The lowest BCUT2D eigenvalue weighted by Gasteiger charge is -2.29. The smallest absolute Gasteiger partial charge is 0.258 e. The van der Waals surface area contributed by atoms with Gasteiger partial charge in [-0.25, -0.2) is 9.97 Å². The van der Waals surface area contributed by atoms with Gasteiger partial charge in [0.15, 0.2) is 0 Å². The van der Waals surface area contributed by atoms with E-state index in [1.54, 1.807) is 13.3 Å². The Morgan fingerprint density at radius 3 is 2.19 bits per heavy atom. The average Bonchev–Trinajstić information content (AvgIpc) is 3.69. The molecule has 0 spiro atoms. The molecule has 0 saturated carbocycles. The second-order valence-corrected chi connectivity index (χ2v) is 9.18. The van der Waals surface area contributed by atoms with Gasteiger partial charge >= 0.3 is 0 Å². The van der Waals surface area contributed by atoms with Crippen molar-refractivity contribution in [1.29, 1.82) is 5.26 Å². The van der Waals surface area contributed by atoms with Gasteiger partial charge in [-0.2, -0.15) is 5.26 Å². The second kappa shape index (κ2) is 11.2. The van der Waals surface area contributed by atoms with Crippen LogP contribution in [0, 0.1) is 11.3 Å². The number of nitrogens with one attached hydrogen (secondary N) is 1. The van der Waals surface area contributed by atoms with E-state index in [2.05, 4.69) is 45.5 Å². The lowest BCUT2D eigenvalue weighted by atomic mass is 10.0. The number of piperidine rings is 1. The van der Waals surface area contributed by atoms with Gasteiger partial charge < -0.3 is 15.0 Å². The molecule has 2 aliphatic rings. The molecule has 2 fully saturated rings. The van der Waals surface area contributed by atoms with Gasteiger partial charge in [-0.15, -0.1) is 0 Å². The van der Waals surface area contributed by atoms with Gasteiger partial charge in [-0.05, 0) is 69.5 Å². The lowest BCUT2D eigenvalue weighted by Crippen LogP contribution is -2.29. The summed E-state index contributed by atoms with van der Waals surface area (Å²) in [5, 5.41) is 12.4. The summed E-state index contributed by atoms with van der Waals surface area (Å²) in [6.45, 7) is 4.73. The molecular formula is C29H32N6O.